The van der Waals surface area contributed by atoms with Gasteiger partial charge in [-0.25, -0.2) is 8.78 Å². The number of anilines is 1. The van der Waals surface area contributed by atoms with E-state index < -0.39 is 11.6 Å². The van der Waals surface area contributed by atoms with Crippen molar-refractivity contribution in [3.05, 3.63) is 71.4 Å². The van der Waals surface area contributed by atoms with E-state index in [1.807, 2.05) is 30.3 Å². The maximum Gasteiger partial charge on any atom is 0.152 e. The Bertz CT molecular complexity index is 800. The molecular weight excluding hydrogens is 270 g/mol. The van der Waals surface area contributed by atoms with Crippen LogP contribution in [-0.2, 0) is 6.54 Å². The first kappa shape index (κ1) is 13.5. The van der Waals surface area contributed by atoms with Crippen LogP contribution in [0.3, 0.4) is 0 Å². The Balaban J connectivity index is 1.85. The molecule has 3 rings (SSSR count). The van der Waals surface area contributed by atoms with Crippen LogP contribution in [0.2, 0.25) is 0 Å². The van der Waals surface area contributed by atoms with Gasteiger partial charge in [0.2, 0.25) is 0 Å². The third-order valence-corrected chi connectivity index (χ3v) is 3.42. The minimum absolute atomic E-state index is 0.0821. The molecule has 0 bridgehead atoms. The summed E-state index contributed by atoms with van der Waals surface area (Å²) >= 11 is 0. The van der Waals surface area contributed by atoms with Crippen LogP contribution < -0.4 is 5.32 Å². The smallest absolute Gasteiger partial charge is 0.152 e. The maximum atomic E-state index is 13.9. The molecule has 21 heavy (non-hydrogen) atoms. The van der Waals surface area contributed by atoms with Crippen molar-refractivity contribution in [2.24, 2.45) is 0 Å². The zero-order valence-corrected chi connectivity index (χ0v) is 11.5. The standard InChI is InChI=1S/C17H14F2N2/c1-11-4-6-14(18)17(16(11)19)21-10-12-5-7-15-13(9-12)3-2-8-20-15/h2-9,21H,10H2,1H3. The molecule has 1 aromatic heterocycles. The largest absolute Gasteiger partial charge is 0.376 e. The fourth-order valence-corrected chi connectivity index (χ4v) is 2.24. The van der Waals surface area contributed by atoms with Crippen LogP contribution in [0.5, 0.6) is 0 Å². The number of hydrogen-bond acceptors (Lipinski definition) is 2. The van der Waals surface area contributed by atoms with Gasteiger partial charge in [-0.15, -0.1) is 0 Å². The van der Waals surface area contributed by atoms with Crippen molar-refractivity contribution in [1.82, 2.24) is 4.98 Å². The molecule has 0 aliphatic rings. The molecule has 4 heteroatoms. The number of nitrogens with one attached hydrogen (secondary N) is 1. The van der Waals surface area contributed by atoms with E-state index in [1.54, 1.807) is 13.1 Å². The first-order valence-electron chi connectivity index (χ1n) is 6.67. The second-order valence-electron chi connectivity index (χ2n) is 4.94. The maximum absolute atomic E-state index is 13.9. The SMILES string of the molecule is Cc1ccc(F)c(NCc2ccc3ncccc3c2)c1F. The summed E-state index contributed by atoms with van der Waals surface area (Å²) in [7, 11) is 0. The molecule has 0 unspecified atom stereocenters. The highest BCUT2D eigenvalue weighted by Crippen LogP contribution is 2.22. The summed E-state index contributed by atoms with van der Waals surface area (Å²) in [6.45, 7) is 1.96. The Morgan fingerprint density at radius 2 is 1.95 bits per heavy atom. The van der Waals surface area contributed by atoms with E-state index in [0.717, 1.165) is 16.5 Å². The highest BCUT2D eigenvalue weighted by molar-refractivity contribution is 5.79. The van der Waals surface area contributed by atoms with Crippen molar-refractivity contribution in [2.45, 2.75) is 13.5 Å². The number of halogens is 2. The highest BCUT2D eigenvalue weighted by Gasteiger charge is 2.10. The summed E-state index contributed by atoms with van der Waals surface area (Å²) in [5.74, 6) is -1.13. The monoisotopic (exact) mass is 284 g/mol. The molecule has 0 fully saturated rings. The van der Waals surface area contributed by atoms with Crippen molar-refractivity contribution >= 4 is 16.6 Å². The fraction of sp³-hybridized carbons (Fsp3) is 0.118. The molecule has 2 aromatic carbocycles. The van der Waals surface area contributed by atoms with Crippen molar-refractivity contribution < 1.29 is 8.78 Å². The third kappa shape index (κ3) is 2.70. The Kier molecular flexibility index (Phi) is 3.52. The van der Waals surface area contributed by atoms with E-state index in [9.17, 15) is 8.78 Å². The first-order chi connectivity index (χ1) is 10.1. The van der Waals surface area contributed by atoms with Gasteiger partial charge in [0, 0.05) is 18.1 Å². The van der Waals surface area contributed by atoms with Crippen molar-refractivity contribution in [2.75, 3.05) is 5.32 Å². The summed E-state index contributed by atoms with van der Waals surface area (Å²) < 4.78 is 27.6. The van der Waals surface area contributed by atoms with Crippen LogP contribution in [0.1, 0.15) is 11.1 Å². The molecule has 0 saturated carbocycles. The number of nitrogens with zero attached hydrogens (tertiary/aromatic N) is 1. The van der Waals surface area contributed by atoms with E-state index in [2.05, 4.69) is 10.3 Å². The molecule has 0 aliphatic heterocycles. The number of aryl methyl sites for hydroxylation is 1. The lowest BCUT2D eigenvalue weighted by Gasteiger charge is -2.11. The van der Waals surface area contributed by atoms with E-state index in [1.165, 1.54) is 12.1 Å². The van der Waals surface area contributed by atoms with Crippen LogP contribution in [0.15, 0.2) is 48.7 Å². The average molecular weight is 284 g/mol. The number of aromatic nitrogens is 1. The van der Waals surface area contributed by atoms with Gasteiger partial charge < -0.3 is 5.32 Å². The summed E-state index contributed by atoms with van der Waals surface area (Å²) in [5, 5.41) is 3.83. The molecule has 0 atom stereocenters. The Hall–Kier alpha value is -2.49. The van der Waals surface area contributed by atoms with Crippen molar-refractivity contribution in [3.8, 4) is 0 Å². The lowest BCUT2D eigenvalue weighted by atomic mass is 10.1. The van der Waals surface area contributed by atoms with Crippen molar-refractivity contribution in [1.29, 1.82) is 0 Å². The summed E-state index contributed by atoms with van der Waals surface area (Å²) in [6.07, 6.45) is 1.73. The molecule has 0 amide bonds. The van der Waals surface area contributed by atoms with Crippen LogP contribution in [0.25, 0.3) is 10.9 Å². The molecule has 106 valence electrons. The number of pyridine rings is 1. The average Bonchev–Trinajstić information content (AvgIpc) is 2.51. The normalized spacial score (nSPS) is 10.8. The zero-order chi connectivity index (χ0) is 14.8. The Labute approximate surface area is 121 Å². The summed E-state index contributed by atoms with van der Waals surface area (Å²) in [6, 6.07) is 12.3. The van der Waals surface area contributed by atoms with Gasteiger partial charge in [0.15, 0.2) is 5.82 Å². The van der Waals surface area contributed by atoms with E-state index in [0.29, 0.717) is 12.1 Å². The lowest BCUT2D eigenvalue weighted by molar-refractivity contribution is 0.582. The van der Waals surface area contributed by atoms with E-state index in [-0.39, 0.29) is 5.69 Å². The minimum atomic E-state index is -0.583. The highest BCUT2D eigenvalue weighted by atomic mass is 19.1. The first-order valence-corrected chi connectivity index (χ1v) is 6.67. The van der Waals surface area contributed by atoms with Gasteiger partial charge >= 0.3 is 0 Å². The van der Waals surface area contributed by atoms with Gasteiger partial charge in [-0.3, -0.25) is 4.98 Å². The molecule has 0 spiro atoms. The predicted molar refractivity (Wildman–Crippen MR) is 80.2 cm³/mol. The van der Waals surface area contributed by atoms with Gasteiger partial charge in [-0.2, -0.15) is 0 Å². The topological polar surface area (TPSA) is 24.9 Å². The molecule has 1 heterocycles. The lowest BCUT2D eigenvalue weighted by Crippen LogP contribution is -2.05. The van der Waals surface area contributed by atoms with E-state index >= 15 is 0 Å². The second kappa shape index (κ2) is 5.48. The van der Waals surface area contributed by atoms with Crippen LogP contribution in [0, 0.1) is 18.6 Å². The van der Waals surface area contributed by atoms with Gasteiger partial charge in [-0.1, -0.05) is 18.2 Å². The van der Waals surface area contributed by atoms with Crippen molar-refractivity contribution in [3.63, 3.8) is 0 Å². The Morgan fingerprint density at radius 1 is 1.10 bits per heavy atom. The van der Waals surface area contributed by atoms with Gasteiger partial charge in [0.25, 0.3) is 0 Å². The molecule has 3 aromatic rings. The van der Waals surface area contributed by atoms with E-state index in [4.69, 9.17) is 0 Å². The van der Waals surface area contributed by atoms with Gasteiger partial charge in [-0.05, 0) is 42.3 Å². The quantitative estimate of drug-likeness (QED) is 0.769. The molecule has 0 aliphatic carbocycles. The third-order valence-electron chi connectivity index (χ3n) is 3.42. The van der Waals surface area contributed by atoms with Crippen LogP contribution >= 0.6 is 0 Å². The van der Waals surface area contributed by atoms with Crippen LogP contribution in [-0.4, -0.2) is 4.98 Å². The number of benzene rings is 2. The molecular formula is C17H14F2N2. The summed E-state index contributed by atoms with van der Waals surface area (Å²) in [4.78, 5) is 4.24. The Morgan fingerprint density at radius 3 is 2.81 bits per heavy atom. The predicted octanol–water partition coefficient (Wildman–Crippen LogP) is 4.43. The van der Waals surface area contributed by atoms with Crippen LogP contribution in [0.4, 0.5) is 14.5 Å². The number of fused-ring (bicyclic) bond motifs is 1. The zero-order valence-electron chi connectivity index (χ0n) is 11.5. The fourth-order valence-electron chi connectivity index (χ4n) is 2.24. The minimum Gasteiger partial charge on any atom is -0.376 e. The summed E-state index contributed by atoms with van der Waals surface area (Å²) in [5.41, 5.74) is 2.17. The molecule has 0 radical (unpaired) electrons. The second-order valence-corrected chi connectivity index (χ2v) is 4.94. The molecule has 2 nitrogen and oxygen atoms in total. The van der Waals surface area contributed by atoms with Gasteiger partial charge in [0.1, 0.15) is 11.5 Å². The molecule has 0 saturated heterocycles. The number of rotatable bonds is 3. The molecule has 1 N–H and O–H groups in total. The number of hydrogen-bond donors (Lipinski definition) is 1. The van der Waals surface area contributed by atoms with Gasteiger partial charge in [0.05, 0.1) is 5.52 Å².